The van der Waals surface area contributed by atoms with Gasteiger partial charge in [-0.3, -0.25) is 9.52 Å². The minimum absolute atomic E-state index is 0.0299. The number of carbonyl (C=O) groups excluding carboxylic acids is 1. The monoisotopic (exact) mass is 485 g/mol. The molecule has 0 unspecified atom stereocenters. The number of rotatable bonds is 6. The van der Waals surface area contributed by atoms with Gasteiger partial charge in [0.05, 0.1) is 12.0 Å². The smallest absolute Gasteiger partial charge is 0.347 e. The standard InChI is InChI=1S/C23H16ClNO7S/c1-31-21-11-14-10-18(23(28)32-20(14)12-19(21)26)22(27)13-2-6-16(7-3-13)25-33(29,30)17-8-4-15(24)5-9-17/h2-12,25-26H,1H3. The fraction of sp³-hybridized carbons (Fsp3) is 0.0435. The molecule has 0 saturated heterocycles. The Morgan fingerprint density at radius 2 is 1.70 bits per heavy atom. The SMILES string of the molecule is COc1cc2cc(C(=O)c3ccc(NS(=O)(=O)c4ccc(Cl)cc4)cc3)c(=O)oc2cc1O. The Bertz CT molecular complexity index is 1530. The molecule has 4 rings (SSSR count). The van der Waals surface area contributed by atoms with Crippen LogP contribution in [-0.2, 0) is 10.0 Å². The summed E-state index contributed by atoms with van der Waals surface area (Å²) in [4.78, 5) is 25.3. The molecule has 10 heteroatoms. The molecule has 3 aromatic carbocycles. The molecule has 0 aliphatic carbocycles. The summed E-state index contributed by atoms with van der Waals surface area (Å²) in [7, 11) is -2.48. The fourth-order valence-corrected chi connectivity index (χ4v) is 4.31. The van der Waals surface area contributed by atoms with Crippen LogP contribution in [0.15, 0.2) is 80.8 Å². The Hall–Kier alpha value is -3.82. The Balaban J connectivity index is 1.61. The van der Waals surface area contributed by atoms with Crippen LogP contribution < -0.4 is 15.1 Å². The molecule has 1 aromatic heterocycles. The van der Waals surface area contributed by atoms with Crippen molar-refractivity contribution >= 4 is 44.1 Å². The summed E-state index contributed by atoms with van der Waals surface area (Å²) in [6, 6.07) is 15.3. The highest BCUT2D eigenvalue weighted by Crippen LogP contribution is 2.31. The first-order chi connectivity index (χ1) is 15.7. The van der Waals surface area contributed by atoms with Gasteiger partial charge in [-0.15, -0.1) is 0 Å². The van der Waals surface area contributed by atoms with Gasteiger partial charge in [-0.1, -0.05) is 11.6 Å². The fourth-order valence-electron chi connectivity index (χ4n) is 3.13. The molecule has 168 valence electrons. The molecule has 0 saturated carbocycles. The zero-order valence-corrected chi connectivity index (χ0v) is 18.6. The van der Waals surface area contributed by atoms with Crippen LogP contribution in [0.1, 0.15) is 15.9 Å². The Labute approximate surface area is 193 Å². The molecule has 0 amide bonds. The molecule has 33 heavy (non-hydrogen) atoms. The first kappa shape index (κ1) is 22.4. The number of ether oxygens (including phenoxy) is 1. The van der Waals surface area contributed by atoms with Gasteiger partial charge in [-0.05, 0) is 60.7 Å². The molecule has 0 spiro atoms. The van der Waals surface area contributed by atoms with Gasteiger partial charge in [-0.2, -0.15) is 0 Å². The summed E-state index contributed by atoms with van der Waals surface area (Å²) in [5.41, 5.74) is -0.606. The number of nitrogens with one attached hydrogen (secondary N) is 1. The van der Waals surface area contributed by atoms with Crippen molar-refractivity contribution in [1.29, 1.82) is 0 Å². The zero-order chi connectivity index (χ0) is 23.8. The normalized spacial score (nSPS) is 11.3. The highest BCUT2D eigenvalue weighted by molar-refractivity contribution is 7.92. The van der Waals surface area contributed by atoms with Crippen molar-refractivity contribution in [3.05, 3.63) is 93.3 Å². The molecule has 0 bridgehead atoms. The van der Waals surface area contributed by atoms with Gasteiger partial charge < -0.3 is 14.3 Å². The second-order valence-electron chi connectivity index (χ2n) is 6.98. The first-order valence-electron chi connectivity index (χ1n) is 9.46. The van der Waals surface area contributed by atoms with Crippen LogP contribution >= 0.6 is 11.6 Å². The third-order valence-corrected chi connectivity index (χ3v) is 6.45. The van der Waals surface area contributed by atoms with Crippen molar-refractivity contribution in [2.45, 2.75) is 4.90 Å². The summed E-state index contributed by atoms with van der Waals surface area (Å²) in [6.07, 6.45) is 0. The van der Waals surface area contributed by atoms with Crippen LogP contribution in [0.4, 0.5) is 5.69 Å². The van der Waals surface area contributed by atoms with Gasteiger partial charge in [0.2, 0.25) is 0 Å². The van der Waals surface area contributed by atoms with Crippen LogP contribution in [0.2, 0.25) is 5.02 Å². The summed E-state index contributed by atoms with van der Waals surface area (Å²) in [6.45, 7) is 0. The molecule has 8 nitrogen and oxygen atoms in total. The van der Waals surface area contributed by atoms with Crippen LogP contribution in [0.25, 0.3) is 11.0 Å². The Morgan fingerprint density at radius 1 is 1.03 bits per heavy atom. The van der Waals surface area contributed by atoms with Gasteiger partial charge in [0, 0.05) is 27.7 Å². The van der Waals surface area contributed by atoms with E-state index in [2.05, 4.69) is 4.72 Å². The van der Waals surface area contributed by atoms with E-state index in [4.69, 9.17) is 20.8 Å². The van der Waals surface area contributed by atoms with Crippen molar-refractivity contribution in [3.8, 4) is 11.5 Å². The molecule has 4 aromatic rings. The molecule has 1 heterocycles. The van der Waals surface area contributed by atoms with Crippen LogP contribution in [0, 0.1) is 0 Å². The molecule has 0 aliphatic rings. The maximum Gasteiger partial charge on any atom is 0.347 e. The quantitative estimate of drug-likeness (QED) is 0.310. The average molecular weight is 486 g/mol. The summed E-state index contributed by atoms with van der Waals surface area (Å²) < 4.78 is 37.6. The highest BCUT2D eigenvalue weighted by Gasteiger charge is 2.18. The minimum atomic E-state index is -3.85. The van der Waals surface area contributed by atoms with Crippen molar-refractivity contribution in [3.63, 3.8) is 0 Å². The number of fused-ring (bicyclic) bond motifs is 1. The van der Waals surface area contributed by atoms with E-state index in [-0.39, 0.29) is 38.8 Å². The van der Waals surface area contributed by atoms with Crippen molar-refractivity contribution in [2.24, 2.45) is 0 Å². The Morgan fingerprint density at radius 3 is 2.33 bits per heavy atom. The molecule has 0 radical (unpaired) electrons. The number of phenolic OH excluding ortho intramolecular Hbond substituents is 1. The predicted octanol–water partition coefficient (Wildman–Crippen LogP) is 4.19. The number of hydrogen-bond acceptors (Lipinski definition) is 7. The average Bonchev–Trinajstić information content (AvgIpc) is 2.78. The maximum absolute atomic E-state index is 12.9. The van der Waals surface area contributed by atoms with E-state index < -0.39 is 21.4 Å². The predicted molar refractivity (Wildman–Crippen MR) is 123 cm³/mol. The number of carbonyl (C=O) groups is 1. The summed E-state index contributed by atoms with van der Waals surface area (Å²) >= 11 is 5.79. The van der Waals surface area contributed by atoms with Crippen molar-refractivity contribution in [1.82, 2.24) is 0 Å². The van der Waals surface area contributed by atoms with Gasteiger partial charge in [0.1, 0.15) is 11.1 Å². The number of aromatic hydroxyl groups is 1. The van der Waals surface area contributed by atoms with Crippen molar-refractivity contribution in [2.75, 3.05) is 11.8 Å². The number of ketones is 1. The lowest BCUT2D eigenvalue weighted by molar-refractivity contribution is 0.103. The third-order valence-electron chi connectivity index (χ3n) is 4.80. The van der Waals surface area contributed by atoms with Crippen LogP contribution in [-0.4, -0.2) is 26.4 Å². The van der Waals surface area contributed by atoms with E-state index in [9.17, 15) is 23.1 Å². The number of benzene rings is 3. The molecule has 0 atom stereocenters. The molecule has 0 aliphatic heterocycles. The van der Waals surface area contributed by atoms with E-state index in [0.717, 1.165) is 0 Å². The lowest BCUT2D eigenvalue weighted by atomic mass is 10.0. The van der Waals surface area contributed by atoms with Gasteiger partial charge >= 0.3 is 5.63 Å². The number of methoxy groups -OCH3 is 1. The highest BCUT2D eigenvalue weighted by atomic mass is 35.5. The second-order valence-corrected chi connectivity index (χ2v) is 9.09. The molecule has 0 fully saturated rings. The first-order valence-corrected chi connectivity index (χ1v) is 11.3. The zero-order valence-electron chi connectivity index (χ0n) is 17.0. The van der Waals surface area contributed by atoms with Crippen LogP contribution in [0.5, 0.6) is 11.5 Å². The van der Waals surface area contributed by atoms with E-state index in [1.165, 1.54) is 73.8 Å². The van der Waals surface area contributed by atoms with E-state index in [1.807, 2.05) is 0 Å². The second kappa shape index (κ2) is 8.61. The molecular formula is C23H16ClNO7S. The van der Waals surface area contributed by atoms with Crippen LogP contribution in [0.3, 0.4) is 0 Å². The van der Waals surface area contributed by atoms with E-state index in [0.29, 0.717) is 10.4 Å². The van der Waals surface area contributed by atoms with E-state index in [1.54, 1.807) is 0 Å². The number of sulfonamides is 1. The summed E-state index contributed by atoms with van der Waals surface area (Å²) in [5.74, 6) is -0.652. The maximum atomic E-state index is 12.9. The Kier molecular flexibility index (Phi) is 5.84. The van der Waals surface area contributed by atoms with Gasteiger partial charge in [0.25, 0.3) is 10.0 Å². The lowest BCUT2D eigenvalue weighted by Gasteiger charge is -2.09. The van der Waals surface area contributed by atoms with Gasteiger partial charge in [0.15, 0.2) is 17.3 Å². The number of anilines is 1. The van der Waals surface area contributed by atoms with E-state index >= 15 is 0 Å². The largest absolute Gasteiger partial charge is 0.504 e. The number of hydrogen-bond donors (Lipinski definition) is 2. The number of halogens is 1. The topological polar surface area (TPSA) is 123 Å². The third kappa shape index (κ3) is 4.55. The molecular weight excluding hydrogens is 470 g/mol. The van der Waals surface area contributed by atoms with Crippen molar-refractivity contribution < 1.29 is 27.5 Å². The summed E-state index contributed by atoms with van der Waals surface area (Å²) in [5, 5.41) is 10.6. The number of phenols is 1. The van der Waals surface area contributed by atoms with Gasteiger partial charge in [-0.25, -0.2) is 13.2 Å². The lowest BCUT2D eigenvalue weighted by Crippen LogP contribution is -2.15. The minimum Gasteiger partial charge on any atom is -0.504 e. The molecule has 2 N–H and O–H groups in total.